The molecule has 2 aromatic rings. The van der Waals surface area contributed by atoms with Crippen LogP contribution in [0.2, 0.25) is 0 Å². The highest BCUT2D eigenvalue weighted by Crippen LogP contribution is 2.15. The van der Waals surface area contributed by atoms with E-state index < -0.39 is 0 Å². The Morgan fingerprint density at radius 3 is 3.00 bits per heavy atom. The number of hydrogen-bond acceptors (Lipinski definition) is 4. The van der Waals surface area contributed by atoms with E-state index in [-0.39, 0.29) is 5.91 Å². The van der Waals surface area contributed by atoms with Gasteiger partial charge in [0.25, 0.3) is 5.91 Å². The first-order chi connectivity index (χ1) is 8.19. The van der Waals surface area contributed by atoms with Crippen molar-refractivity contribution in [3.8, 4) is 0 Å². The molecule has 0 aromatic carbocycles. The monoisotopic (exact) mass is 314 g/mol. The second kappa shape index (κ2) is 5.46. The van der Waals surface area contributed by atoms with Gasteiger partial charge in [0.2, 0.25) is 0 Å². The largest absolute Gasteiger partial charge is 0.444 e. The van der Waals surface area contributed by atoms with Gasteiger partial charge in [-0.15, -0.1) is 11.3 Å². The van der Waals surface area contributed by atoms with Gasteiger partial charge in [0.05, 0.1) is 6.54 Å². The minimum absolute atomic E-state index is 0.232. The molecular weight excluding hydrogens is 304 g/mol. The van der Waals surface area contributed by atoms with Gasteiger partial charge in [0.15, 0.2) is 10.4 Å². The minimum atomic E-state index is -0.232. The molecular formula is C11H11BrN2O2S. The van der Waals surface area contributed by atoms with Crippen LogP contribution in [0, 0.1) is 0 Å². The predicted molar refractivity (Wildman–Crippen MR) is 69.1 cm³/mol. The number of aromatic nitrogens is 1. The van der Waals surface area contributed by atoms with Crippen LogP contribution < -0.4 is 5.32 Å². The molecule has 6 heteroatoms. The summed E-state index contributed by atoms with van der Waals surface area (Å²) in [4.78, 5) is 17.1. The molecule has 0 fully saturated rings. The highest BCUT2D eigenvalue weighted by molar-refractivity contribution is 9.10. The Hall–Kier alpha value is -1.14. The van der Waals surface area contributed by atoms with Crippen molar-refractivity contribution in [1.29, 1.82) is 0 Å². The molecule has 2 aromatic heterocycles. The molecule has 4 nitrogen and oxygen atoms in total. The first kappa shape index (κ1) is 12.3. The molecule has 2 rings (SSSR count). The van der Waals surface area contributed by atoms with Crippen molar-refractivity contribution in [3.05, 3.63) is 38.6 Å². The van der Waals surface area contributed by atoms with Crippen LogP contribution in [0.1, 0.15) is 27.4 Å². The maximum atomic E-state index is 11.7. The smallest absolute Gasteiger partial charge is 0.287 e. The molecule has 0 saturated carbocycles. The Labute approximate surface area is 111 Å². The van der Waals surface area contributed by atoms with E-state index in [1.165, 1.54) is 4.88 Å². The second-order valence-corrected chi connectivity index (χ2v) is 5.34. The van der Waals surface area contributed by atoms with Gasteiger partial charge >= 0.3 is 0 Å². The van der Waals surface area contributed by atoms with Crippen LogP contribution in [0.5, 0.6) is 0 Å². The molecule has 2 heterocycles. The fraction of sp³-hybridized carbons (Fsp3) is 0.273. The summed E-state index contributed by atoms with van der Waals surface area (Å²) in [7, 11) is 0. The third-order valence-corrected chi connectivity index (χ3v) is 3.71. The summed E-state index contributed by atoms with van der Waals surface area (Å²) < 4.78 is 5.69. The van der Waals surface area contributed by atoms with Crippen LogP contribution >= 0.6 is 27.3 Å². The summed E-state index contributed by atoms with van der Waals surface area (Å²) in [5, 5.41) is 3.66. The lowest BCUT2D eigenvalue weighted by molar-refractivity contribution is 0.0922. The van der Waals surface area contributed by atoms with Crippen LogP contribution in [0.4, 0.5) is 0 Å². The van der Waals surface area contributed by atoms with E-state index in [1.807, 2.05) is 6.20 Å². The number of aryl methyl sites for hydroxylation is 1. The number of thiazole rings is 1. The second-order valence-electron chi connectivity index (χ2n) is 3.36. The van der Waals surface area contributed by atoms with E-state index in [9.17, 15) is 4.79 Å². The highest BCUT2D eigenvalue weighted by Gasteiger charge is 2.10. The summed E-state index contributed by atoms with van der Waals surface area (Å²) in [5.41, 5.74) is 0. The van der Waals surface area contributed by atoms with Gasteiger partial charge < -0.3 is 9.73 Å². The van der Waals surface area contributed by atoms with Crippen LogP contribution in [-0.4, -0.2) is 10.9 Å². The first-order valence-electron chi connectivity index (χ1n) is 5.16. The lowest BCUT2D eigenvalue weighted by Crippen LogP contribution is -2.22. The summed E-state index contributed by atoms with van der Waals surface area (Å²) in [6.07, 6.45) is 2.81. The minimum Gasteiger partial charge on any atom is -0.444 e. The number of hydrogen-bond donors (Lipinski definition) is 1. The van der Waals surface area contributed by atoms with Crippen molar-refractivity contribution in [3.63, 3.8) is 0 Å². The third kappa shape index (κ3) is 3.17. The highest BCUT2D eigenvalue weighted by atomic mass is 79.9. The number of nitrogens with one attached hydrogen (secondary N) is 1. The quantitative estimate of drug-likeness (QED) is 0.943. The maximum absolute atomic E-state index is 11.7. The first-order valence-corrected chi connectivity index (χ1v) is 6.77. The average molecular weight is 315 g/mol. The number of furan rings is 1. The van der Waals surface area contributed by atoms with E-state index in [4.69, 9.17) is 4.42 Å². The molecule has 0 aliphatic carbocycles. The zero-order valence-electron chi connectivity index (χ0n) is 9.20. The predicted octanol–water partition coefficient (Wildman–Crippen LogP) is 2.99. The van der Waals surface area contributed by atoms with Crippen molar-refractivity contribution < 1.29 is 9.21 Å². The van der Waals surface area contributed by atoms with Crippen LogP contribution in [0.3, 0.4) is 0 Å². The van der Waals surface area contributed by atoms with Crippen molar-refractivity contribution >= 4 is 33.2 Å². The van der Waals surface area contributed by atoms with Crippen LogP contribution in [0.15, 0.2) is 27.4 Å². The van der Waals surface area contributed by atoms with Gasteiger partial charge in [0.1, 0.15) is 5.01 Å². The lowest BCUT2D eigenvalue weighted by Gasteiger charge is -1.99. The Kier molecular flexibility index (Phi) is 3.96. The summed E-state index contributed by atoms with van der Waals surface area (Å²) in [6.45, 7) is 2.51. The van der Waals surface area contributed by atoms with E-state index in [0.717, 1.165) is 11.4 Å². The van der Waals surface area contributed by atoms with Crippen LogP contribution in [-0.2, 0) is 13.0 Å². The fourth-order valence-corrected chi connectivity index (χ4v) is 2.38. The topological polar surface area (TPSA) is 55.1 Å². The van der Waals surface area contributed by atoms with E-state index in [1.54, 1.807) is 23.5 Å². The molecule has 0 bridgehead atoms. The van der Waals surface area contributed by atoms with Gasteiger partial charge in [-0.25, -0.2) is 4.98 Å². The van der Waals surface area contributed by atoms with E-state index in [0.29, 0.717) is 17.0 Å². The standard InChI is InChI=1S/C11H11BrN2O2S/c1-2-7-5-13-10(17-7)6-14-11(15)8-3-4-9(12)16-8/h3-5H,2,6H2,1H3,(H,14,15). The van der Waals surface area contributed by atoms with Gasteiger partial charge in [-0.3, -0.25) is 4.79 Å². The molecule has 0 spiro atoms. The number of halogens is 1. The van der Waals surface area contributed by atoms with Gasteiger partial charge in [-0.1, -0.05) is 6.92 Å². The number of amides is 1. The van der Waals surface area contributed by atoms with Gasteiger partial charge in [-0.2, -0.15) is 0 Å². The number of rotatable bonds is 4. The van der Waals surface area contributed by atoms with Gasteiger partial charge in [-0.05, 0) is 34.5 Å². The average Bonchev–Trinajstić information content (AvgIpc) is 2.94. The summed E-state index contributed by atoms with van der Waals surface area (Å²) in [6, 6.07) is 3.31. The van der Waals surface area contributed by atoms with E-state index >= 15 is 0 Å². The Bertz CT molecular complexity index is 521. The van der Waals surface area contributed by atoms with Crippen LogP contribution in [0.25, 0.3) is 0 Å². The number of nitrogens with zero attached hydrogens (tertiary/aromatic N) is 1. The SMILES string of the molecule is CCc1cnc(CNC(=O)c2ccc(Br)o2)s1. The normalized spacial score (nSPS) is 10.5. The Morgan fingerprint density at radius 2 is 2.41 bits per heavy atom. The molecule has 17 heavy (non-hydrogen) atoms. The van der Waals surface area contributed by atoms with Crippen molar-refractivity contribution in [2.24, 2.45) is 0 Å². The third-order valence-electron chi connectivity index (χ3n) is 2.15. The Morgan fingerprint density at radius 1 is 1.59 bits per heavy atom. The molecule has 0 aliphatic rings. The van der Waals surface area contributed by atoms with Crippen molar-refractivity contribution in [2.75, 3.05) is 0 Å². The molecule has 90 valence electrons. The summed E-state index contributed by atoms with van der Waals surface area (Å²) >= 11 is 4.76. The lowest BCUT2D eigenvalue weighted by atomic mass is 10.4. The zero-order chi connectivity index (χ0) is 12.3. The van der Waals surface area contributed by atoms with Crippen molar-refractivity contribution in [1.82, 2.24) is 10.3 Å². The molecule has 0 saturated heterocycles. The molecule has 0 aliphatic heterocycles. The number of carbonyl (C=O) groups excluding carboxylic acids is 1. The van der Waals surface area contributed by atoms with Crippen molar-refractivity contribution in [2.45, 2.75) is 19.9 Å². The number of carbonyl (C=O) groups is 1. The Balaban J connectivity index is 1.92. The molecule has 0 unspecified atom stereocenters. The van der Waals surface area contributed by atoms with Gasteiger partial charge in [0, 0.05) is 11.1 Å². The molecule has 0 atom stereocenters. The zero-order valence-corrected chi connectivity index (χ0v) is 11.6. The molecule has 1 amide bonds. The maximum Gasteiger partial charge on any atom is 0.287 e. The fourth-order valence-electron chi connectivity index (χ4n) is 1.27. The summed E-state index contributed by atoms with van der Waals surface area (Å²) in [5.74, 6) is 0.0631. The molecule has 0 radical (unpaired) electrons. The van der Waals surface area contributed by atoms with E-state index in [2.05, 4.69) is 33.2 Å². The molecule has 1 N–H and O–H groups in total.